The number of aromatic nitrogens is 1. The van der Waals surface area contributed by atoms with Crippen molar-refractivity contribution in [1.82, 2.24) is 9.88 Å². The van der Waals surface area contributed by atoms with Gasteiger partial charge in [0.1, 0.15) is 11.9 Å². The molecule has 0 spiro atoms. The van der Waals surface area contributed by atoms with Crippen LogP contribution in [0.25, 0.3) is 0 Å². The number of benzene rings is 1. The van der Waals surface area contributed by atoms with Gasteiger partial charge in [-0.25, -0.2) is 4.98 Å². The van der Waals surface area contributed by atoms with Crippen LogP contribution in [0.4, 0.5) is 11.5 Å². The van der Waals surface area contributed by atoms with E-state index >= 15 is 0 Å². The summed E-state index contributed by atoms with van der Waals surface area (Å²) >= 11 is 5.62. The van der Waals surface area contributed by atoms with E-state index in [1.807, 2.05) is 30.3 Å². The summed E-state index contributed by atoms with van der Waals surface area (Å²) < 4.78 is 0. The summed E-state index contributed by atoms with van der Waals surface area (Å²) in [5, 5.41) is 14.1. The monoisotopic (exact) mass is 419 g/mol. The highest BCUT2D eigenvalue weighted by Gasteiger charge is 2.28. The van der Waals surface area contributed by atoms with Gasteiger partial charge in [-0.3, -0.25) is 0 Å². The van der Waals surface area contributed by atoms with Crippen molar-refractivity contribution in [1.29, 1.82) is 5.26 Å². The number of fused-ring (bicyclic) bond motifs is 1. The number of anilines is 2. The molecule has 0 radical (unpaired) electrons. The first kappa shape index (κ1) is 20.6. The zero-order valence-corrected chi connectivity index (χ0v) is 18.6. The molecule has 0 unspecified atom stereocenters. The standard InChI is InChI=1S/C24H29N5S/c1-17(2)22-20-11-7-6-10-19(20)21(16-25)23(27-22)28-12-14-29(15-13-28)24(30)26-18-8-4-3-5-9-18/h3-5,8-9,17H,6-7,10-15H2,1-2H3,(H,26,30). The molecule has 1 fully saturated rings. The molecule has 2 heterocycles. The van der Waals surface area contributed by atoms with Crippen LogP contribution in [-0.2, 0) is 12.8 Å². The van der Waals surface area contributed by atoms with Gasteiger partial charge in [0.2, 0.25) is 0 Å². The number of pyridine rings is 1. The third-order valence-corrected chi connectivity index (χ3v) is 6.44. The van der Waals surface area contributed by atoms with E-state index in [2.05, 4.69) is 35.0 Å². The van der Waals surface area contributed by atoms with Crippen LogP contribution >= 0.6 is 12.2 Å². The van der Waals surface area contributed by atoms with Crippen molar-refractivity contribution in [2.75, 3.05) is 36.4 Å². The molecule has 1 N–H and O–H groups in total. The van der Waals surface area contributed by atoms with Crippen LogP contribution in [-0.4, -0.2) is 41.2 Å². The van der Waals surface area contributed by atoms with Gasteiger partial charge in [0, 0.05) is 37.6 Å². The second-order valence-electron chi connectivity index (χ2n) is 8.40. The molecule has 0 bridgehead atoms. The highest BCUT2D eigenvalue weighted by molar-refractivity contribution is 7.80. The average molecular weight is 420 g/mol. The van der Waals surface area contributed by atoms with Gasteiger partial charge in [0.25, 0.3) is 0 Å². The summed E-state index contributed by atoms with van der Waals surface area (Å²) in [7, 11) is 0. The minimum atomic E-state index is 0.368. The van der Waals surface area contributed by atoms with E-state index in [0.29, 0.717) is 5.92 Å². The Kier molecular flexibility index (Phi) is 6.19. The van der Waals surface area contributed by atoms with Crippen LogP contribution in [0.2, 0.25) is 0 Å². The first-order valence-corrected chi connectivity index (χ1v) is 11.3. The SMILES string of the molecule is CC(C)c1nc(N2CCN(C(=S)Nc3ccccc3)CC2)c(C#N)c2c1CCCC2. The van der Waals surface area contributed by atoms with E-state index in [0.717, 1.165) is 67.6 Å². The van der Waals surface area contributed by atoms with Crippen LogP contribution in [0, 0.1) is 11.3 Å². The fourth-order valence-corrected chi connectivity index (χ4v) is 4.81. The fourth-order valence-electron chi connectivity index (χ4n) is 4.51. The Hall–Kier alpha value is -2.65. The third-order valence-electron chi connectivity index (χ3n) is 6.08. The Morgan fingerprint density at radius 3 is 2.37 bits per heavy atom. The van der Waals surface area contributed by atoms with Gasteiger partial charge < -0.3 is 15.1 Å². The van der Waals surface area contributed by atoms with E-state index in [9.17, 15) is 5.26 Å². The van der Waals surface area contributed by atoms with Crippen LogP contribution in [0.5, 0.6) is 0 Å². The first-order valence-electron chi connectivity index (χ1n) is 10.9. The lowest BCUT2D eigenvalue weighted by atomic mass is 9.85. The molecule has 1 aromatic carbocycles. The molecule has 5 nitrogen and oxygen atoms in total. The second-order valence-corrected chi connectivity index (χ2v) is 8.78. The summed E-state index contributed by atoms with van der Waals surface area (Å²) in [4.78, 5) is 9.53. The van der Waals surface area contributed by atoms with E-state index in [1.165, 1.54) is 23.2 Å². The molecule has 6 heteroatoms. The Bertz CT molecular complexity index is 956. The third kappa shape index (κ3) is 4.13. The van der Waals surface area contributed by atoms with Crippen LogP contribution in [0.3, 0.4) is 0 Å². The van der Waals surface area contributed by atoms with Crippen LogP contribution < -0.4 is 10.2 Å². The van der Waals surface area contributed by atoms with Crippen molar-refractivity contribution in [3.63, 3.8) is 0 Å². The summed E-state index contributed by atoms with van der Waals surface area (Å²) in [5.41, 5.74) is 5.58. The van der Waals surface area contributed by atoms with Crippen molar-refractivity contribution >= 4 is 28.8 Å². The van der Waals surface area contributed by atoms with Crippen molar-refractivity contribution in [3.8, 4) is 6.07 Å². The molecule has 1 aliphatic heterocycles. The maximum atomic E-state index is 9.98. The average Bonchev–Trinajstić information content (AvgIpc) is 2.78. The van der Waals surface area contributed by atoms with Crippen molar-refractivity contribution in [2.45, 2.75) is 45.4 Å². The predicted molar refractivity (Wildman–Crippen MR) is 126 cm³/mol. The molecule has 0 saturated carbocycles. The molecular weight excluding hydrogens is 390 g/mol. The lowest BCUT2D eigenvalue weighted by Crippen LogP contribution is -2.50. The van der Waals surface area contributed by atoms with Crippen molar-refractivity contribution < 1.29 is 0 Å². The van der Waals surface area contributed by atoms with Gasteiger partial charge in [-0.05, 0) is 67.1 Å². The maximum Gasteiger partial charge on any atom is 0.173 e. The summed E-state index contributed by atoms with van der Waals surface area (Å²) in [6, 6.07) is 12.5. The molecule has 156 valence electrons. The maximum absolute atomic E-state index is 9.98. The first-order chi connectivity index (χ1) is 14.6. The van der Waals surface area contributed by atoms with Crippen molar-refractivity contribution in [2.24, 2.45) is 0 Å². The van der Waals surface area contributed by atoms with Gasteiger partial charge >= 0.3 is 0 Å². The highest BCUT2D eigenvalue weighted by atomic mass is 32.1. The van der Waals surface area contributed by atoms with E-state index in [1.54, 1.807) is 0 Å². The van der Waals surface area contributed by atoms with Crippen molar-refractivity contribution in [3.05, 3.63) is 52.7 Å². The van der Waals surface area contributed by atoms with E-state index in [4.69, 9.17) is 17.2 Å². The lowest BCUT2D eigenvalue weighted by Gasteiger charge is -2.38. The molecule has 1 saturated heterocycles. The van der Waals surface area contributed by atoms with Gasteiger partial charge in [0.15, 0.2) is 5.11 Å². The number of rotatable bonds is 3. The summed E-state index contributed by atoms with van der Waals surface area (Å²) in [6.45, 7) is 7.68. The zero-order valence-electron chi connectivity index (χ0n) is 17.8. The molecule has 1 aliphatic carbocycles. The van der Waals surface area contributed by atoms with Gasteiger partial charge in [-0.2, -0.15) is 5.26 Å². The normalized spacial score (nSPS) is 16.2. The predicted octanol–water partition coefficient (Wildman–Crippen LogP) is 4.47. The van der Waals surface area contributed by atoms with Gasteiger partial charge in [-0.1, -0.05) is 32.0 Å². The fraction of sp³-hybridized carbons (Fsp3) is 0.458. The molecule has 1 aromatic heterocycles. The molecule has 30 heavy (non-hydrogen) atoms. The molecule has 0 atom stereocenters. The number of hydrogen-bond donors (Lipinski definition) is 1. The Balaban J connectivity index is 1.52. The minimum Gasteiger partial charge on any atom is -0.352 e. The highest BCUT2D eigenvalue weighted by Crippen LogP contribution is 2.35. The zero-order chi connectivity index (χ0) is 21.1. The number of nitrogens with one attached hydrogen (secondary N) is 1. The van der Waals surface area contributed by atoms with Crippen LogP contribution in [0.1, 0.15) is 55.0 Å². The number of nitrogens with zero attached hydrogens (tertiary/aromatic N) is 4. The Morgan fingerprint density at radius 2 is 1.73 bits per heavy atom. The largest absolute Gasteiger partial charge is 0.352 e. The second kappa shape index (κ2) is 9.01. The van der Waals surface area contributed by atoms with Gasteiger partial charge in [-0.15, -0.1) is 0 Å². The number of hydrogen-bond acceptors (Lipinski definition) is 4. The Morgan fingerprint density at radius 1 is 1.07 bits per heavy atom. The lowest BCUT2D eigenvalue weighted by molar-refractivity contribution is 0.389. The smallest absolute Gasteiger partial charge is 0.173 e. The molecule has 0 amide bonds. The van der Waals surface area contributed by atoms with E-state index < -0.39 is 0 Å². The number of nitriles is 1. The number of thiocarbonyl (C=S) groups is 1. The van der Waals surface area contributed by atoms with Crippen LogP contribution in [0.15, 0.2) is 30.3 Å². The van der Waals surface area contributed by atoms with Gasteiger partial charge in [0.05, 0.1) is 5.56 Å². The quantitative estimate of drug-likeness (QED) is 0.741. The number of para-hydroxylation sites is 1. The summed E-state index contributed by atoms with van der Waals surface area (Å²) in [6.07, 6.45) is 4.41. The minimum absolute atomic E-state index is 0.368. The number of piperazine rings is 1. The Labute approximate surface area is 184 Å². The summed E-state index contributed by atoms with van der Waals surface area (Å²) in [5.74, 6) is 1.25. The van der Waals surface area contributed by atoms with E-state index in [-0.39, 0.29) is 0 Å². The topological polar surface area (TPSA) is 55.2 Å². The molecule has 2 aromatic rings. The molecule has 2 aliphatic rings. The molecule has 4 rings (SSSR count). The molecular formula is C24H29N5S.